The minimum Gasteiger partial charge on any atom is -0.288 e. The molecule has 2 saturated carbocycles. The predicted molar refractivity (Wildman–Crippen MR) is 109 cm³/mol. The van der Waals surface area contributed by atoms with Crippen molar-refractivity contribution in [2.24, 2.45) is 0 Å². The zero-order chi connectivity index (χ0) is 19.4. The van der Waals surface area contributed by atoms with E-state index in [-0.39, 0.29) is 11.8 Å². The summed E-state index contributed by atoms with van der Waals surface area (Å²) in [5.41, 5.74) is -0.341. The second-order valence-electron chi connectivity index (χ2n) is 8.56. The van der Waals surface area contributed by atoms with Gasteiger partial charge in [-0.2, -0.15) is 0 Å². The number of hydrogen-bond acceptors (Lipinski definition) is 4. The van der Waals surface area contributed by atoms with Gasteiger partial charge in [-0.15, -0.1) is 0 Å². The van der Waals surface area contributed by atoms with Crippen molar-refractivity contribution in [3.05, 3.63) is 52.5 Å². The summed E-state index contributed by atoms with van der Waals surface area (Å²) < 4.78 is 0. The van der Waals surface area contributed by atoms with Gasteiger partial charge in [0.05, 0.1) is 21.5 Å². The SMILES string of the molecule is O=c1[nH]c(=O)c2c(C3CCCCC3)c3c(=O)[nH]c(=O)c3c(C3CCCCC3)c12. The molecule has 3 aromatic rings. The molecular formula is C22H24N2O4. The first-order valence-corrected chi connectivity index (χ1v) is 10.5. The molecular weight excluding hydrogens is 356 g/mol. The van der Waals surface area contributed by atoms with E-state index in [4.69, 9.17) is 0 Å². The van der Waals surface area contributed by atoms with Crippen LogP contribution in [-0.4, -0.2) is 9.97 Å². The number of H-pyrrole nitrogens is 2. The third-order valence-electron chi connectivity index (χ3n) is 6.97. The molecule has 0 amide bonds. The first-order chi connectivity index (χ1) is 13.6. The number of aromatic amines is 2. The Balaban J connectivity index is 1.97. The van der Waals surface area contributed by atoms with E-state index >= 15 is 0 Å². The fourth-order valence-electron chi connectivity index (χ4n) is 5.79. The van der Waals surface area contributed by atoms with Crippen molar-refractivity contribution in [3.63, 3.8) is 0 Å². The molecule has 2 aliphatic carbocycles. The molecule has 0 unspecified atom stereocenters. The van der Waals surface area contributed by atoms with Crippen molar-refractivity contribution >= 4 is 21.5 Å². The maximum absolute atomic E-state index is 12.8. The van der Waals surface area contributed by atoms with Crippen LogP contribution >= 0.6 is 0 Å². The topological polar surface area (TPSA) is 99.9 Å². The van der Waals surface area contributed by atoms with Crippen LogP contribution in [0.5, 0.6) is 0 Å². The number of rotatable bonds is 2. The highest BCUT2D eigenvalue weighted by molar-refractivity contribution is 6.06. The van der Waals surface area contributed by atoms with Gasteiger partial charge in [-0.1, -0.05) is 38.5 Å². The molecule has 5 rings (SSSR count). The summed E-state index contributed by atoms with van der Waals surface area (Å²) >= 11 is 0. The molecule has 0 atom stereocenters. The Morgan fingerprint density at radius 3 is 1.04 bits per heavy atom. The Hall–Kier alpha value is -2.50. The van der Waals surface area contributed by atoms with Gasteiger partial charge in [-0.05, 0) is 48.6 Å². The van der Waals surface area contributed by atoms with Gasteiger partial charge >= 0.3 is 0 Å². The van der Waals surface area contributed by atoms with Crippen molar-refractivity contribution in [2.45, 2.75) is 76.0 Å². The van der Waals surface area contributed by atoms with Crippen molar-refractivity contribution in [1.29, 1.82) is 0 Å². The summed E-state index contributed by atoms with van der Waals surface area (Å²) in [4.78, 5) is 56.2. The zero-order valence-corrected chi connectivity index (χ0v) is 15.9. The van der Waals surface area contributed by atoms with E-state index in [0.29, 0.717) is 32.7 Å². The average molecular weight is 380 g/mol. The first kappa shape index (κ1) is 17.6. The molecule has 0 radical (unpaired) electrons. The lowest BCUT2D eigenvalue weighted by Gasteiger charge is -2.26. The molecule has 2 aliphatic rings. The minimum atomic E-state index is -0.410. The van der Waals surface area contributed by atoms with E-state index in [1.54, 1.807) is 0 Å². The molecule has 0 aliphatic heterocycles. The summed E-state index contributed by atoms with van der Waals surface area (Å²) in [7, 11) is 0. The Bertz CT molecular complexity index is 1090. The van der Waals surface area contributed by atoms with Crippen molar-refractivity contribution in [2.75, 3.05) is 0 Å². The maximum Gasteiger partial charge on any atom is 0.259 e. The third-order valence-corrected chi connectivity index (χ3v) is 6.97. The Morgan fingerprint density at radius 2 is 0.750 bits per heavy atom. The second-order valence-corrected chi connectivity index (χ2v) is 8.56. The number of aromatic nitrogens is 2. The molecule has 2 N–H and O–H groups in total. The number of hydrogen-bond donors (Lipinski definition) is 2. The molecule has 6 nitrogen and oxygen atoms in total. The molecule has 2 aromatic heterocycles. The standard InChI is InChI=1S/C22H24N2O4/c25-19-15-13(11-7-3-1-4-8-11)16-18(22(28)24-20(16)26)14(17(15)21(27)23-19)12-9-5-2-6-10-12/h11-12H,1-10H2,(H,23,25,27)(H,24,26,28). The average Bonchev–Trinajstić information content (AvgIpc) is 3.17. The molecule has 0 bridgehead atoms. The summed E-state index contributed by atoms with van der Waals surface area (Å²) in [6, 6.07) is 0. The molecule has 2 fully saturated rings. The van der Waals surface area contributed by atoms with E-state index in [0.717, 1.165) is 64.2 Å². The predicted octanol–water partition coefficient (Wildman–Crippen LogP) is 3.06. The fraction of sp³-hybridized carbons (Fsp3) is 0.545. The molecule has 2 heterocycles. The molecule has 28 heavy (non-hydrogen) atoms. The molecule has 0 spiro atoms. The summed E-state index contributed by atoms with van der Waals surface area (Å²) in [6.07, 6.45) is 9.92. The minimum absolute atomic E-state index is 0.0463. The van der Waals surface area contributed by atoms with Gasteiger partial charge in [0, 0.05) is 0 Å². The van der Waals surface area contributed by atoms with Gasteiger partial charge in [0.2, 0.25) is 0 Å². The van der Waals surface area contributed by atoms with Crippen LogP contribution in [-0.2, 0) is 0 Å². The highest BCUT2D eigenvalue weighted by Gasteiger charge is 2.32. The lowest BCUT2D eigenvalue weighted by atomic mass is 9.76. The van der Waals surface area contributed by atoms with Crippen LogP contribution in [0.4, 0.5) is 0 Å². The lowest BCUT2D eigenvalue weighted by molar-refractivity contribution is 0.445. The Morgan fingerprint density at radius 1 is 0.464 bits per heavy atom. The van der Waals surface area contributed by atoms with Crippen LogP contribution in [0, 0.1) is 0 Å². The van der Waals surface area contributed by atoms with Gasteiger partial charge in [0.25, 0.3) is 22.2 Å². The van der Waals surface area contributed by atoms with Crippen molar-refractivity contribution < 1.29 is 0 Å². The van der Waals surface area contributed by atoms with E-state index in [2.05, 4.69) is 9.97 Å². The number of benzene rings is 1. The van der Waals surface area contributed by atoms with Gasteiger partial charge in [-0.3, -0.25) is 29.1 Å². The van der Waals surface area contributed by atoms with Crippen molar-refractivity contribution in [1.82, 2.24) is 9.97 Å². The summed E-state index contributed by atoms with van der Waals surface area (Å²) in [5, 5.41) is 1.50. The van der Waals surface area contributed by atoms with Crippen LogP contribution in [0.3, 0.4) is 0 Å². The number of fused-ring (bicyclic) bond motifs is 2. The second kappa shape index (κ2) is 6.54. The molecule has 6 heteroatoms. The highest BCUT2D eigenvalue weighted by Crippen LogP contribution is 2.43. The third kappa shape index (κ3) is 2.46. The van der Waals surface area contributed by atoms with Gasteiger partial charge < -0.3 is 0 Å². The van der Waals surface area contributed by atoms with E-state index < -0.39 is 22.2 Å². The van der Waals surface area contributed by atoms with Crippen LogP contribution in [0.2, 0.25) is 0 Å². The number of nitrogens with one attached hydrogen (secondary N) is 2. The van der Waals surface area contributed by atoms with Crippen LogP contribution < -0.4 is 22.2 Å². The van der Waals surface area contributed by atoms with E-state index in [1.807, 2.05) is 0 Å². The largest absolute Gasteiger partial charge is 0.288 e. The highest BCUT2D eigenvalue weighted by atomic mass is 16.2. The van der Waals surface area contributed by atoms with E-state index in [9.17, 15) is 19.2 Å². The van der Waals surface area contributed by atoms with E-state index in [1.165, 1.54) is 0 Å². The summed E-state index contributed by atoms with van der Waals surface area (Å²) in [6.45, 7) is 0. The van der Waals surface area contributed by atoms with Crippen LogP contribution in [0.1, 0.15) is 87.2 Å². The van der Waals surface area contributed by atoms with Crippen molar-refractivity contribution in [3.8, 4) is 0 Å². The Kier molecular flexibility index (Phi) is 4.11. The quantitative estimate of drug-likeness (QED) is 0.713. The van der Waals surface area contributed by atoms with Gasteiger partial charge in [0.15, 0.2) is 0 Å². The van der Waals surface area contributed by atoms with Crippen LogP contribution in [0.15, 0.2) is 19.2 Å². The van der Waals surface area contributed by atoms with Gasteiger partial charge in [0.1, 0.15) is 0 Å². The lowest BCUT2D eigenvalue weighted by Crippen LogP contribution is -2.15. The smallest absolute Gasteiger partial charge is 0.259 e. The molecule has 1 aromatic carbocycles. The maximum atomic E-state index is 12.8. The monoisotopic (exact) mass is 380 g/mol. The van der Waals surface area contributed by atoms with Crippen LogP contribution in [0.25, 0.3) is 21.5 Å². The first-order valence-electron chi connectivity index (χ1n) is 10.5. The fourth-order valence-corrected chi connectivity index (χ4v) is 5.79. The normalized spacial score (nSPS) is 19.7. The Labute approximate surface area is 160 Å². The molecule has 146 valence electrons. The van der Waals surface area contributed by atoms with Gasteiger partial charge in [-0.25, -0.2) is 0 Å². The molecule has 0 saturated heterocycles. The summed E-state index contributed by atoms with van der Waals surface area (Å²) in [5.74, 6) is 0.0925. The zero-order valence-electron chi connectivity index (χ0n) is 15.9.